The van der Waals surface area contributed by atoms with Gasteiger partial charge in [0, 0.05) is 36.4 Å². The third kappa shape index (κ3) is 4.04. The van der Waals surface area contributed by atoms with Gasteiger partial charge in [0.1, 0.15) is 17.5 Å². The Morgan fingerprint density at radius 1 is 1.22 bits per heavy atom. The summed E-state index contributed by atoms with van der Waals surface area (Å²) in [6.07, 6.45) is 2.86. The van der Waals surface area contributed by atoms with Gasteiger partial charge in [0.2, 0.25) is 0 Å². The summed E-state index contributed by atoms with van der Waals surface area (Å²) in [6.45, 7) is 3.68. The van der Waals surface area contributed by atoms with Crippen LogP contribution in [0.15, 0.2) is 30.6 Å². The first kappa shape index (κ1) is 23.1. The van der Waals surface area contributed by atoms with E-state index < -0.39 is 12.2 Å². The normalized spacial score (nSPS) is 18.2. The number of carbonyl (C=O) groups excluding carboxylic acids is 1. The molecule has 5 heterocycles. The van der Waals surface area contributed by atoms with Crippen molar-refractivity contribution in [2.24, 2.45) is 0 Å². The number of fused-ring (bicyclic) bond motifs is 2. The number of carbonyl (C=O) groups is 1. The number of hydrogen-bond acceptors (Lipinski definition) is 6. The number of halogens is 2. The number of benzene rings is 1. The summed E-state index contributed by atoms with van der Waals surface area (Å²) >= 11 is 12.6. The van der Waals surface area contributed by atoms with Crippen molar-refractivity contribution in [1.82, 2.24) is 34.9 Å². The SMILES string of the molecule is CC(Oc1ccc2[nH]nc(-c3nc4c([nH]3)CN(C(=O)N3CCC(O)C3)C4)c2c1)c1c(Cl)cncc1Cl. The van der Waals surface area contributed by atoms with Gasteiger partial charge in [-0.05, 0) is 31.5 Å². The molecule has 1 aromatic carbocycles. The predicted octanol–water partition coefficient (Wildman–Crippen LogP) is 4.30. The summed E-state index contributed by atoms with van der Waals surface area (Å²) in [7, 11) is 0. The van der Waals surface area contributed by atoms with Crippen LogP contribution in [0.1, 0.15) is 36.4 Å². The minimum atomic E-state index is -0.442. The van der Waals surface area contributed by atoms with Crippen molar-refractivity contribution in [1.29, 1.82) is 0 Å². The van der Waals surface area contributed by atoms with Crippen LogP contribution < -0.4 is 4.74 Å². The molecule has 0 radical (unpaired) electrons. The van der Waals surface area contributed by atoms with Crippen LogP contribution in [0.3, 0.4) is 0 Å². The first-order chi connectivity index (χ1) is 17.4. The van der Waals surface area contributed by atoms with Gasteiger partial charge in [-0.15, -0.1) is 0 Å². The molecule has 10 nitrogen and oxygen atoms in total. The molecule has 2 aliphatic heterocycles. The van der Waals surface area contributed by atoms with Crippen LogP contribution in [0, 0.1) is 0 Å². The van der Waals surface area contributed by atoms with E-state index in [4.69, 9.17) is 32.9 Å². The van der Waals surface area contributed by atoms with E-state index in [1.54, 1.807) is 22.2 Å². The first-order valence-corrected chi connectivity index (χ1v) is 12.4. The molecule has 2 amide bonds. The third-order valence-electron chi connectivity index (χ3n) is 6.63. The zero-order valence-corrected chi connectivity index (χ0v) is 20.8. The fourth-order valence-electron chi connectivity index (χ4n) is 4.82. The molecule has 0 spiro atoms. The van der Waals surface area contributed by atoms with Crippen LogP contribution in [0.4, 0.5) is 4.79 Å². The molecule has 0 bridgehead atoms. The number of β-amino-alcohol motifs (C(OH)–C–C–N with tert-alkyl or cyclic N) is 1. The molecule has 3 aromatic heterocycles. The monoisotopic (exact) mass is 527 g/mol. The number of amides is 2. The Balaban J connectivity index is 1.22. The van der Waals surface area contributed by atoms with E-state index in [2.05, 4.69) is 20.2 Å². The number of nitrogens with one attached hydrogen (secondary N) is 2. The molecule has 4 aromatic rings. The molecule has 1 fully saturated rings. The number of aromatic nitrogens is 5. The first-order valence-electron chi connectivity index (χ1n) is 11.6. The third-order valence-corrected chi connectivity index (χ3v) is 7.23. The van der Waals surface area contributed by atoms with Gasteiger partial charge in [0.05, 0.1) is 46.1 Å². The average molecular weight is 528 g/mol. The lowest BCUT2D eigenvalue weighted by molar-refractivity contribution is 0.145. The van der Waals surface area contributed by atoms with E-state index in [9.17, 15) is 9.90 Å². The number of ether oxygens (including phenoxy) is 1. The molecular formula is C24H23Cl2N7O3. The molecule has 2 aliphatic rings. The van der Waals surface area contributed by atoms with Crippen LogP contribution in [0.25, 0.3) is 22.4 Å². The zero-order chi connectivity index (χ0) is 25.0. The van der Waals surface area contributed by atoms with Gasteiger partial charge in [-0.3, -0.25) is 10.1 Å². The lowest BCUT2D eigenvalue weighted by Crippen LogP contribution is -2.39. The molecule has 2 atom stereocenters. The number of urea groups is 1. The summed E-state index contributed by atoms with van der Waals surface area (Å²) in [5.74, 6) is 1.26. The van der Waals surface area contributed by atoms with Crippen molar-refractivity contribution in [3.05, 3.63) is 57.6 Å². The minimum absolute atomic E-state index is 0.0740. The Bertz CT molecular complexity index is 1430. The van der Waals surface area contributed by atoms with Crippen molar-refractivity contribution in [2.45, 2.75) is 38.6 Å². The van der Waals surface area contributed by atoms with Crippen LogP contribution in [0.2, 0.25) is 10.0 Å². The Morgan fingerprint density at radius 3 is 2.75 bits per heavy atom. The number of likely N-dealkylation sites (tertiary alicyclic amines) is 1. The highest BCUT2D eigenvalue weighted by molar-refractivity contribution is 6.35. The molecule has 3 N–H and O–H groups in total. The average Bonchev–Trinajstić information content (AvgIpc) is 3.61. The number of aliphatic hydroxyl groups excluding tert-OH is 1. The summed E-state index contributed by atoms with van der Waals surface area (Å²) < 4.78 is 6.15. The van der Waals surface area contributed by atoms with Crippen molar-refractivity contribution in [3.8, 4) is 17.3 Å². The maximum Gasteiger partial charge on any atom is 0.320 e. The van der Waals surface area contributed by atoms with Gasteiger partial charge >= 0.3 is 6.03 Å². The van der Waals surface area contributed by atoms with Crippen molar-refractivity contribution in [2.75, 3.05) is 13.1 Å². The largest absolute Gasteiger partial charge is 0.486 e. The predicted molar refractivity (Wildman–Crippen MR) is 134 cm³/mol. The van der Waals surface area contributed by atoms with Gasteiger partial charge < -0.3 is 24.6 Å². The fraction of sp³-hybridized carbons (Fsp3) is 0.333. The van der Waals surface area contributed by atoms with E-state index >= 15 is 0 Å². The van der Waals surface area contributed by atoms with E-state index in [1.807, 2.05) is 25.1 Å². The molecule has 36 heavy (non-hydrogen) atoms. The molecular weight excluding hydrogens is 505 g/mol. The van der Waals surface area contributed by atoms with E-state index in [0.29, 0.717) is 65.5 Å². The maximum absolute atomic E-state index is 12.8. The Kier molecular flexibility index (Phi) is 5.74. The summed E-state index contributed by atoms with van der Waals surface area (Å²) in [5.41, 5.74) is 3.88. The lowest BCUT2D eigenvalue weighted by Gasteiger charge is -2.23. The lowest BCUT2D eigenvalue weighted by atomic mass is 10.1. The van der Waals surface area contributed by atoms with Gasteiger partial charge in [-0.25, -0.2) is 9.78 Å². The highest BCUT2D eigenvalue weighted by Crippen LogP contribution is 2.35. The summed E-state index contributed by atoms with van der Waals surface area (Å²) in [4.78, 5) is 28.3. The quantitative estimate of drug-likeness (QED) is 0.363. The maximum atomic E-state index is 12.8. The standard InChI is InChI=1S/C24H23Cl2N7O3/c1-12(21-16(25)7-27-8-17(21)26)36-14-2-3-18-15(6-14)22(31-30-18)23-28-19-10-33(11-20(19)29-23)24(35)32-5-4-13(34)9-32/h2-3,6-8,12-13,34H,4-5,9-11H2,1H3,(H,28,29)(H,30,31). The number of aromatic amines is 2. The number of imidazole rings is 1. The van der Waals surface area contributed by atoms with Crippen molar-refractivity contribution < 1.29 is 14.6 Å². The fourth-order valence-corrected chi connectivity index (χ4v) is 5.49. The van der Waals surface area contributed by atoms with Crippen LogP contribution in [0.5, 0.6) is 5.75 Å². The number of rotatable bonds is 4. The molecule has 0 aliphatic carbocycles. The molecule has 1 saturated heterocycles. The molecule has 6 rings (SSSR count). The minimum Gasteiger partial charge on any atom is -0.486 e. The molecule has 2 unspecified atom stereocenters. The Morgan fingerprint density at radius 2 is 2.03 bits per heavy atom. The smallest absolute Gasteiger partial charge is 0.320 e. The summed E-state index contributed by atoms with van der Waals surface area (Å²) in [5, 5.41) is 19.0. The zero-order valence-electron chi connectivity index (χ0n) is 19.3. The van der Waals surface area contributed by atoms with Gasteiger partial charge in [-0.1, -0.05) is 23.2 Å². The van der Waals surface area contributed by atoms with E-state index in [0.717, 1.165) is 22.3 Å². The number of aliphatic hydroxyl groups is 1. The van der Waals surface area contributed by atoms with Crippen molar-refractivity contribution >= 4 is 40.1 Å². The van der Waals surface area contributed by atoms with Gasteiger partial charge in [0.25, 0.3) is 0 Å². The van der Waals surface area contributed by atoms with E-state index in [1.165, 1.54) is 0 Å². The highest BCUT2D eigenvalue weighted by atomic mass is 35.5. The van der Waals surface area contributed by atoms with E-state index in [-0.39, 0.29) is 6.03 Å². The highest BCUT2D eigenvalue weighted by Gasteiger charge is 2.33. The second-order valence-electron chi connectivity index (χ2n) is 9.09. The number of hydrogen-bond donors (Lipinski definition) is 3. The van der Waals surface area contributed by atoms with Crippen LogP contribution >= 0.6 is 23.2 Å². The van der Waals surface area contributed by atoms with Gasteiger partial charge in [0.15, 0.2) is 5.82 Å². The van der Waals surface area contributed by atoms with Gasteiger partial charge in [-0.2, -0.15) is 5.10 Å². The number of nitrogens with zero attached hydrogens (tertiary/aromatic N) is 5. The second-order valence-corrected chi connectivity index (χ2v) is 9.91. The van der Waals surface area contributed by atoms with Crippen molar-refractivity contribution in [3.63, 3.8) is 0 Å². The second kappa shape index (κ2) is 8.95. The van der Waals surface area contributed by atoms with Crippen LogP contribution in [-0.2, 0) is 13.1 Å². The molecule has 0 saturated carbocycles. The summed E-state index contributed by atoms with van der Waals surface area (Å²) in [6, 6.07) is 5.57. The van der Waals surface area contributed by atoms with Crippen LogP contribution in [-0.4, -0.2) is 65.3 Å². The topological polar surface area (TPSA) is 123 Å². The molecule has 186 valence electrons. The number of pyridine rings is 1. The Hall–Kier alpha value is -3.34. The Labute approximate surface area is 216 Å². The number of H-pyrrole nitrogens is 2. The molecule has 12 heteroatoms.